The molecule has 2 saturated heterocycles. The number of hydrogen-bond acceptors (Lipinski definition) is 4. The summed E-state index contributed by atoms with van der Waals surface area (Å²) < 4.78 is 16.9. The molecule has 3 rings (SSSR count). The topological polar surface area (TPSA) is 55.3 Å². The largest absolute Gasteiger partial charge is 0.382 e. The Hall–Kier alpha value is -0.900. The van der Waals surface area contributed by atoms with Crippen molar-refractivity contribution >= 4 is 29.9 Å². The minimum absolute atomic E-state index is 0. The maximum Gasteiger partial charge on any atom is 0.193 e. The highest BCUT2D eigenvalue weighted by atomic mass is 127. The van der Waals surface area contributed by atoms with E-state index >= 15 is 0 Å². The summed E-state index contributed by atoms with van der Waals surface area (Å²) in [6, 6.07) is 10.6. The Morgan fingerprint density at radius 2 is 2.07 bits per heavy atom. The molecule has 3 unspecified atom stereocenters. The molecule has 0 aromatic heterocycles. The zero-order valence-electron chi connectivity index (χ0n) is 18.4. The highest BCUT2D eigenvalue weighted by molar-refractivity contribution is 14.0. The van der Waals surface area contributed by atoms with Crippen molar-refractivity contribution in [3.05, 3.63) is 35.9 Å². The van der Waals surface area contributed by atoms with Crippen LogP contribution >= 0.6 is 24.0 Å². The van der Waals surface area contributed by atoms with Crippen LogP contribution in [0.15, 0.2) is 35.3 Å². The Balaban J connectivity index is 0.00000320. The lowest BCUT2D eigenvalue weighted by Gasteiger charge is -2.32. The van der Waals surface area contributed by atoms with Gasteiger partial charge < -0.3 is 24.4 Å². The number of nitrogens with one attached hydrogen (secondary N) is 1. The van der Waals surface area contributed by atoms with E-state index in [9.17, 15) is 0 Å². The normalized spacial score (nSPS) is 24.5. The summed E-state index contributed by atoms with van der Waals surface area (Å²) in [4.78, 5) is 7.41. The van der Waals surface area contributed by atoms with Gasteiger partial charge in [-0.3, -0.25) is 4.99 Å². The molecule has 0 radical (unpaired) electrons. The first kappa shape index (κ1) is 25.4. The van der Waals surface area contributed by atoms with Gasteiger partial charge in [-0.1, -0.05) is 30.3 Å². The Morgan fingerprint density at radius 1 is 1.23 bits per heavy atom. The molecule has 1 aromatic carbocycles. The smallest absolute Gasteiger partial charge is 0.193 e. The van der Waals surface area contributed by atoms with Crippen molar-refractivity contribution in [3.63, 3.8) is 0 Å². The first-order chi connectivity index (χ1) is 14.3. The average molecular weight is 531 g/mol. The van der Waals surface area contributed by atoms with Gasteiger partial charge in [0.2, 0.25) is 0 Å². The predicted molar refractivity (Wildman–Crippen MR) is 132 cm³/mol. The number of rotatable bonds is 9. The molecule has 170 valence electrons. The fraction of sp³-hybridized carbons (Fsp3) is 0.696. The van der Waals surface area contributed by atoms with Gasteiger partial charge in [0.1, 0.15) is 0 Å². The second-order valence-electron chi connectivity index (χ2n) is 7.97. The van der Waals surface area contributed by atoms with Crippen LogP contribution in [0.25, 0.3) is 0 Å². The third-order valence-corrected chi connectivity index (χ3v) is 5.75. The minimum atomic E-state index is 0. The van der Waals surface area contributed by atoms with Crippen LogP contribution in [0.3, 0.4) is 0 Å². The maximum absolute atomic E-state index is 6.15. The van der Waals surface area contributed by atoms with Gasteiger partial charge in [-0.15, -0.1) is 24.0 Å². The first-order valence-corrected chi connectivity index (χ1v) is 11.1. The molecular formula is C23H38IN3O3. The van der Waals surface area contributed by atoms with Crippen molar-refractivity contribution in [2.24, 2.45) is 16.8 Å². The monoisotopic (exact) mass is 531 g/mol. The Kier molecular flexibility index (Phi) is 12.0. The molecule has 0 amide bonds. The van der Waals surface area contributed by atoms with Crippen LogP contribution in [0.1, 0.15) is 37.9 Å². The molecule has 0 spiro atoms. The second kappa shape index (κ2) is 14.2. The van der Waals surface area contributed by atoms with Crippen molar-refractivity contribution in [3.8, 4) is 0 Å². The third kappa shape index (κ3) is 7.66. The molecule has 0 saturated carbocycles. The van der Waals surface area contributed by atoms with E-state index in [-0.39, 0.29) is 30.1 Å². The van der Waals surface area contributed by atoms with Crippen LogP contribution < -0.4 is 5.32 Å². The van der Waals surface area contributed by atoms with E-state index < -0.39 is 0 Å². The number of likely N-dealkylation sites (tertiary alicyclic amines) is 1. The molecule has 7 heteroatoms. The average Bonchev–Trinajstić information content (AvgIpc) is 3.24. The van der Waals surface area contributed by atoms with Gasteiger partial charge in [0.25, 0.3) is 0 Å². The van der Waals surface area contributed by atoms with Crippen molar-refractivity contribution < 1.29 is 14.2 Å². The molecule has 6 nitrogen and oxygen atoms in total. The highest BCUT2D eigenvalue weighted by Crippen LogP contribution is 2.33. The fourth-order valence-corrected chi connectivity index (χ4v) is 4.22. The minimum Gasteiger partial charge on any atom is -0.382 e. The lowest BCUT2D eigenvalue weighted by Crippen LogP contribution is -2.41. The summed E-state index contributed by atoms with van der Waals surface area (Å²) >= 11 is 0. The molecule has 1 aromatic rings. The van der Waals surface area contributed by atoms with E-state index in [2.05, 4.69) is 47.5 Å². The number of aliphatic imine (C=N–C) groups is 1. The second-order valence-corrected chi connectivity index (χ2v) is 7.97. The van der Waals surface area contributed by atoms with Crippen molar-refractivity contribution in [1.82, 2.24) is 10.2 Å². The lowest BCUT2D eigenvalue weighted by molar-refractivity contribution is -0.0250. The molecule has 0 bridgehead atoms. The molecule has 30 heavy (non-hydrogen) atoms. The number of benzene rings is 1. The van der Waals surface area contributed by atoms with Gasteiger partial charge in [-0.05, 0) is 31.7 Å². The SMILES string of the molecule is CCNC(=NCC1CCCOC1c1ccccc1)N1CCC(COCCOC)C1.I. The number of nitrogens with zero attached hydrogens (tertiary/aromatic N) is 2. The summed E-state index contributed by atoms with van der Waals surface area (Å²) in [5.74, 6) is 2.02. The quantitative estimate of drug-likeness (QED) is 0.228. The van der Waals surface area contributed by atoms with E-state index in [1.54, 1.807) is 7.11 Å². The van der Waals surface area contributed by atoms with Gasteiger partial charge in [0.15, 0.2) is 5.96 Å². The van der Waals surface area contributed by atoms with Crippen LogP contribution in [0, 0.1) is 11.8 Å². The summed E-state index contributed by atoms with van der Waals surface area (Å²) in [6.45, 7) is 8.82. The summed E-state index contributed by atoms with van der Waals surface area (Å²) in [5, 5.41) is 3.49. The van der Waals surface area contributed by atoms with Crippen LogP contribution in [0.2, 0.25) is 0 Å². The number of ether oxygens (including phenoxy) is 3. The van der Waals surface area contributed by atoms with Crippen molar-refractivity contribution in [2.45, 2.75) is 32.3 Å². The predicted octanol–water partition coefficient (Wildman–Crippen LogP) is 3.72. The standard InChI is InChI=1S/C23H37N3O3.HI/c1-3-24-23(26-12-11-19(17-26)18-28-15-14-27-2)25-16-21-10-7-13-29-22(21)20-8-5-4-6-9-20;/h4-6,8-9,19,21-22H,3,7,10-18H2,1-2H3,(H,24,25);1H. The van der Waals surface area contributed by atoms with Gasteiger partial charge in [-0.25, -0.2) is 0 Å². The maximum atomic E-state index is 6.15. The van der Waals surface area contributed by atoms with Gasteiger partial charge in [0, 0.05) is 51.7 Å². The van der Waals surface area contributed by atoms with E-state index in [4.69, 9.17) is 19.2 Å². The molecular weight excluding hydrogens is 493 g/mol. The fourth-order valence-electron chi connectivity index (χ4n) is 4.22. The van der Waals surface area contributed by atoms with Crippen molar-refractivity contribution in [1.29, 1.82) is 0 Å². The summed E-state index contributed by atoms with van der Waals surface area (Å²) in [6.07, 6.45) is 3.58. The van der Waals surface area contributed by atoms with Crippen LogP contribution in [0.4, 0.5) is 0 Å². The van der Waals surface area contributed by atoms with Gasteiger partial charge >= 0.3 is 0 Å². The van der Waals surface area contributed by atoms with Crippen LogP contribution in [-0.2, 0) is 14.2 Å². The Bertz CT molecular complexity index is 617. The highest BCUT2D eigenvalue weighted by Gasteiger charge is 2.29. The van der Waals surface area contributed by atoms with Crippen LogP contribution in [-0.4, -0.2) is 70.6 Å². The van der Waals surface area contributed by atoms with Crippen molar-refractivity contribution in [2.75, 3.05) is 59.7 Å². The molecule has 2 aliphatic rings. The molecule has 0 aliphatic carbocycles. The van der Waals surface area contributed by atoms with E-state index in [1.165, 1.54) is 12.0 Å². The summed E-state index contributed by atoms with van der Waals surface area (Å²) in [7, 11) is 1.71. The Labute approximate surface area is 198 Å². The van der Waals surface area contributed by atoms with Crippen LogP contribution in [0.5, 0.6) is 0 Å². The molecule has 2 heterocycles. The summed E-state index contributed by atoms with van der Waals surface area (Å²) in [5.41, 5.74) is 1.27. The number of hydrogen-bond donors (Lipinski definition) is 1. The van der Waals surface area contributed by atoms with Gasteiger partial charge in [0.05, 0.1) is 25.9 Å². The molecule has 3 atom stereocenters. The molecule has 1 N–H and O–H groups in total. The number of guanidine groups is 1. The number of halogens is 1. The zero-order valence-corrected chi connectivity index (χ0v) is 20.8. The molecule has 2 fully saturated rings. The zero-order chi connectivity index (χ0) is 20.3. The Morgan fingerprint density at radius 3 is 2.83 bits per heavy atom. The number of methoxy groups -OCH3 is 1. The van der Waals surface area contributed by atoms with E-state index in [1.807, 2.05) is 0 Å². The van der Waals surface area contributed by atoms with Gasteiger partial charge in [-0.2, -0.15) is 0 Å². The first-order valence-electron chi connectivity index (χ1n) is 11.1. The van der Waals surface area contributed by atoms with E-state index in [0.717, 1.165) is 58.2 Å². The van der Waals surface area contributed by atoms with E-state index in [0.29, 0.717) is 25.0 Å². The molecule has 2 aliphatic heterocycles. The third-order valence-electron chi connectivity index (χ3n) is 5.75. The lowest BCUT2D eigenvalue weighted by atomic mass is 9.89.